The zero-order valence-electron chi connectivity index (χ0n) is 35.4. The molecule has 1 atom stereocenters. The third kappa shape index (κ3) is 9.98. The minimum Gasteiger partial charge on any atom is -0.472 e. The average molecular weight is 907 g/mol. The van der Waals surface area contributed by atoms with Gasteiger partial charge in [-0.05, 0) is 69.8 Å². The molecule has 0 saturated heterocycles. The van der Waals surface area contributed by atoms with Crippen molar-refractivity contribution in [1.29, 1.82) is 0 Å². The fraction of sp³-hybridized carbons (Fsp3) is 0.200. The van der Waals surface area contributed by atoms with Gasteiger partial charge in [-0.25, -0.2) is 18.4 Å². The summed E-state index contributed by atoms with van der Waals surface area (Å²) in [5, 5.41) is 20.6. The van der Waals surface area contributed by atoms with Crippen LogP contribution < -0.4 is 19.3 Å². The molecule has 2 aliphatic heterocycles. The van der Waals surface area contributed by atoms with E-state index in [1.165, 1.54) is 0 Å². The Kier molecular flexibility index (Phi) is 13.1. The Morgan fingerprint density at radius 2 is 1.05 bits per heavy atom. The number of aromatic nitrogens is 4. The first-order chi connectivity index (χ1) is 31.7. The number of aliphatic hydroxyl groups is 2. The number of ether oxygens (including phenoxy) is 2. The molecule has 0 radical (unpaired) electrons. The monoisotopic (exact) mass is 906 g/mol. The number of benzene rings is 6. The van der Waals surface area contributed by atoms with Crippen LogP contribution in [0.15, 0.2) is 155 Å². The molecule has 0 amide bonds. The lowest BCUT2D eigenvalue weighted by Gasteiger charge is -2.22. The molecule has 2 aromatic heterocycles. The molecule has 0 saturated carbocycles. The van der Waals surface area contributed by atoms with Crippen LogP contribution in [0.3, 0.4) is 0 Å². The molecule has 0 fully saturated rings. The molecule has 2 aliphatic rings. The van der Waals surface area contributed by atoms with E-state index in [1.54, 1.807) is 12.1 Å². The molecule has 13 nitrogen and oxygen atoms in total. The first kappa shape index (κ1) is 43.5. The molecule has 2 N–H and O–H groups in total. The van der Waals surface area contributed by atoms with E-state index in [1.807, 2.05) is 138 Å². The van der Waals surface area contributed by atoms with Gasteiger partial charge in [0.05, 0.1) is 56.5 Å². The Morgan fingerprint density at radius 3 is 1.62 bits per heavy atom. The highest BCUT2D eigenvalue weighted by atomic mass is 32.2. The fourth-order valence-electron chi connectivity index (χ4n) is 7.77. The second-order valence-electron chi connectivity index (χ2n) is 15.7. The predicted molar refractivity (Wildman–Crippen MR) is 251 cm³/mol. The van der Waals surface area contributed by atoms with Gasteiger partial charge in [-0.15, -0.1) is 0 Å². The van der Waals surface area contributed by atoms with E-state index in [-0.39, 0.29) is 25.5 Å². The number of anilines is 2. The van der Waals surface area contributed by atoms with E-state index >= 15 is 0 Å². The molecule has 0 bridgehead atoms. The van der Waals surface area contributed by atoms with Crippen LogP contribution in [0.2, 0.25) is 0 Å². The van der Waals surface area contributed by atoms with E-state index in [4.69, 9.17) is 29.4 Å². The maximum atomic E-state index is 12.8. The molecule has 330 valence electrons. The third-order valence-corrected chi connectivity index (χ3v) is 14.4. The third-order valence-electron chi connectivity index (χ3n) is 11.2. The lowest BCUT2D eigenvalue weighted by atomic mass is 10.1. The summed E-state index contributed by atoms with van der Waals surface area (Å²) in [4.78, 5) is 24.1. The second kappa shape index (κ2) is 19.5. The average Bonchev–Trinajstić information content (AvgIpc) is 3.61. The maximum Gasteiger partial charge on any atom is 0.229 e. The number of aliphatic hydroxyl groups excluding tert-OH is 2. The first-order valence-electron chi connectivity index (χ1n) is 21.2. The predicted octanol–water partition coefficient (Wildman–Crippen LogP) is 7.32. The Labute approximate surface area is 379 Å². The Bertz CT molecular complexity index is 3110. The van der Waals surface area contributed by atoms with E-state index < -0.39 is 20.6 Å². The van der Waals surface area contributed by atoms with Crippen LogP contribution >= 0.6 is 0 Å². The SMILES string of the molecule is O=S1(=O)CCN(c2nc(OCc3ccccc3)c3cc(CO)ccc3n2)Cc2ccccc21.O=S1CCN(c2nc(OCc3ccccc3)c3cc(CO)ccc3n2)Cc2ccccc21. The number of nitrogens with zero attached hydrogens (tertiary/aromatic N) is 6. The molecule has 65 heavy (non-hydrogen) atoms. The van der Waals surface area contributed by atoms with E-state index in [2.05, 4.69) is 4.90 Å². The fourth-order valence-corrected chi connectivity index (χ4v) is 10.5. The van der Waals surface area contributed by atoms with Crippen LogP contribution in [0.25, 0.3) is 21.8 Å². The summed E-state index contributed by atoms with van der Waals surface area (Å²) in [6.45, 7) is 2.36. The highest BCUT2D eigenvalue weighted by molar-refractivity contribution is 7.91. The molecular formula is C50H46N6O7S2. The summed E-state index contributed by atoms with van der Waals surface area (Å²) >= 11 is 0. The number of hydrogen-bond donors (Lipinski definition) is 2. The second-order valence-corrected chi connectivity index (χ2v) is 19.3. The molecule has 0 aliphatic carbocycles. The van der Waals surface area contributed by atoms with Gasteiger partial charge in [0.2, 0.25) is 23.7 Å². The zero-order chi connectivity index (χ0) is 44.8. The number of fused-ring (bicyclic) bond motifs is 4. The summed E-state index contributed by atoms with van der Waals surface area (Å²) in [5.41, 5.74) is 6.71. The lowest BCUT2D eigenvalue weighted by molar-refractivity contribution is 0.281. The summed E-state index contributed by atoms with van der Waals surface area (Å²) in [7, 11) is -4.43. The van der Waals surface area contributed by atoms with Crippen LogP contribution in [-0.2, 0) is 60.2 Å². The molecule has 4 heterocycles. The van der Waals surface area contributed by atoms with Crippen LogP contribution in [0.5, 0.6) is 11.8 Å². The van der Waals surface area contributed by atoms with Gasteiger partial charge in [-0.3, -0.25) is 4.21 Å². The van der Waals surface area contributed by atoms with Crippen molar-refractivity contribution in [3.63, 3.8) is 0 Å². The molecule has 0 spiro atoms. The van der Waals surface area contributed by atoms with Crippen molar-refractivity contribution in [2.45, 2.75) is 49.3 Å². The zero-order valence-corrected chi connectivity index (χ0v) is 37.0. The molecule has 15 heteroatoms. The summed E-state index contributed by atoms with van der Waals surface area (Å²) in [6.07, 6.45) is 0. The standard InChI is InChI=1S/C25H23N3O4S.C25H23N3O3S/c29-16-19-10-11-22-21(14-19)24(32-17-18-6-2-1-3-7-18)27-25(26-22)28-12-13-33(30,31)23-9-5-4-8-20(23)15-28;29-16-19-10-11-22-21(14-19)24(31-17-18-6-2-1-3-7-18)27-25(26-22)28-12-13-32(30)23-9-5-4-8-20(23)15-28/h1-11,14,29H,12-13,15-17H2;1-11,14,29H,12-13,15-17H2. The summed E-state index contributed by atoms with van der Waals surface area (Å²) in [6, 6.07) is 45.6. The Morgan fingerprint density at radius 1 is 0.554 bits per heavy atom. The van der Waals surface area contributed by atoms with E-state index in [0.29, 0.717) is 78.1 Å². The molecule has 1 unspecified atom stereocenters. The minimum atomic E-state index is -3.38. The van der Waals surface area contributed by atoms with E-state index in [0.717, 1.165) is 49.2 Å². The van der Waals surface area contributed by atoms with Crippen molar-refractivity contribution in [3.05, 3.63) is 179 Å². The van der Waals surface area contributed by atoms with Gasteiger partial charge in [0.1, 0.15) is 13.2 Å². The van der Waals surface area contributed by atoms with Gasteiger partial charge in [0, 0.05) is 36.8 Å². The number of hydrogen-bond acceptors (Lipinski definition) is 13. The molecular weight excluding hydrogens is 861 g/mol. The topological polar surface area (TPSA) is 168 Å². The van der Waals surface area contributed by atoms with Gasteiger partial charge in [-0.2, -0.15) is 9.97 Å². The smallest absolute Gasteiger partial charge is 0.229 e. The van der Waals surface area contributed by atoms with Crippen LogP contribution in [0, 0.1) is 0 Å². The normalized spacial score (nSPS) is 15.5. The van der Waals surface area contributed by atoms with Gasteiger partial charge >= 0.3 is 0 Å². The van der Waals surface area contributed by atoms with Crippen molar-refractivity contribution >= 4 is 54.3 Å². The minimum absolute atomic E-state index is 0.0188. The maximum absolute atomic E-state index is 12.8. The molecule has 8 aromatic rings. The van der Waals surface area contributed by atoms with Crippen molar-refractivity contribution < 1.29 is 32.3 Å². The lowest BCUT2D eigenvalue weighted by Crippen LogP contribution is -2.27. The van der Waals surface area contributed by atoms with Crippen molar-refractivity contribution in [3.8, 4) is 11.8 Å². The highest BCUT2D eigenvalue weighted by Crippen LogP contribution is 2.32. The quantitative estimate of drug-likeness (QED) is 0.140. The molecule has 10 rings (SSSR count). The van der Waals surface area contributed by atoms with Crippen molar-refractivity contribution in [1.82, 2.24) is 19.9 Å². The highest BCUT2D eigenvalue weighted by Gasteiger charge is 2.27. The van der Waals surface area contributed by atoms with Gasteiger partial charge in [0.15, 0.2) is 9.84 Å². The molecule has 6 aromatic carbocycles. The number of sulfone groups is 1. The van der Waals surface area contributed by atoms with Gasteiger partial charge in [0.25, 0.3) is 0 Å². The largest absolute Gasteiger partial charge is 0.472 e. The number of rotatable bonds is 10. The summed E-state index contributed by atoms with van der Waals surface area (Å²) in [5.74, 6) is 2.33. The van der Waals surface area contributed by atoms with Crippen LogP contribution in [0.4, 0.5) is 11.9 Å². The first-order valence-corrected chi connectivity index (χ1v) is 24.1. The van der Waals surface area contributed by atoms with Gasteiger partial charge < -0.3 is 29.5 Å². The van der Waals surface area contributed by atoms with Crippen LogP contribution in [-0.4, -0.2) is 67.4 Å². The Balaban J connectivity index is 0.000000164. The van der Waals surface area contributed by atoms with Crippen LogP contribution in [0.1, 0.15) is 33.4 Å². The van der Waals surface area contributed by atoms with Crippen molar-refractivity contribution in [2.24, 2.45) is 0 Å². The van der Waals surface area contributed by atoms with Gasteiger partial charge in [-0.1, -0.05) is 109 Å². The Hall–Kier alpha value is -6.78. The van der Waals surface area contributed by atoms with Crippen molar-refractivity contribution in [2.75, 3.05) is 34.4 Å². The summed E-state index contributed by atoms with van der Waals surface area (Å²) < 4.78 is 50.5. The van der Waals surface area contributed by atoms with E-state index in [9.17, 15) is 22.8 Å².